The summed E-state index contributed by atoms with van der Waals surface area (Å²) in [5.74, 6) is -2.00. The largest absolute Gasteiger partial charge is 0.479 e. The molecule has 1 aliphatic carbocycles. The number of aliphatic hydroxyl groups excluding tert-OH is 1. The SMILES string of the molecule is Cc1cn([C@H]2C[C@H](O)[C@@H](COP(=O)(O)OP(=O)(O)CP(=O)(O)OP(=O)(O)OCCCCCCNC(=O)OCC3c4ccccc4-c4ccccc43)O2)c(=O)[nH]c1=O. The fourth-order valence-electron chi connectivity index (χ4n) is 6.25. The molecular weight excluding hydrogens is 838 g/mol. The molecule has 4 unspecified atom stereocenters. The van der Waals surface area contributed by atoms with Crippen molar-refractivity contribution < 1.29 is 74.9 Å². The van der Waals surface area contributed by atoms with E-state index in [1.807, 2.05) is 48.5 Å². The van der Waals surface area contributed by atoms with Crippen LogP contribution in [0.2, 0.25) is 0 Å². The van der Waals surface area contributed by atoms with E-state index in [4.69, 9.17) is 9.47 Å². The minimum atomic E-state index is -5.55. The molecule has 57 heavy (non-hydrogen) atoms. The van der Waals surface area contributed by atoms with Crippen molar-refractivity contribution in [3.05, 3.63) is 92.3 Å². The molecule has 2 aliphatic rings. The molecule has 7 atom stereocenters. The van der Waals surface area contributed by atoms with Gasteiger partial charge in [0, 0.05) is 30.6 Å². The number of phosphoric ester groups is 2. The molecule has 7 N–H and O–H groups in total. The van der Waals surface area contributed by atoms with Gasteiger partial charge in [-0.05, 0) is 42.0 Å². The Kier molecular flexibility index (Phi) is 14.9. The lowest BCUT2D eigenvalue weighted by atomic mass is 9.98. The molecule has 3 aromatic rings. The van der Waals surface area contributed by atoms with Crippen LogP contribution in [0.1, 0.15) is 60.9 Å². The van der Waals surface area contributed by atoms with Gasteiger partial charge in [-0.25, -0.2) is 27.3 Å². The molecular formula is C32H43N3O18P4. The molecule has 0 saturated carbocycles. The van der Waals surface area contributed by atoms with Crippen molar-refractivity contribution in [1.29, 1.82) is 0 Å². The minimum absolute atomic E-state index is 0.0820. The first-order valence-corrected chi connectivity index (χ1v) is 24.0. The summed E-state index contributed by atoms with van der Waals surface area (Å²) in [5, 5.41) is 13.0. The molecule has 0 radical (unpaired) electrons. The molecule has 1 aliphatic heterocycles. The molecule has 1 aromatic heterocycles. The number of fused-ring (bicyclic) bond motifs is 3. The van der Waals surface area contributed by atoms with E-state index in [1.54, 1.807) is 0 Å². The van der Waals surface area contributed by atoms with Crippen LogP contribution in [0, 0.1) is 6.92 Å². The van der Waals surface area contributed by atoms with E-state index in [-0.39, 0.29) is 30.9 Å². The van der Waals surface area contributed by atoms with Gasteiger partial charge < -0.3 is 39.5 Å². The molecule has 2 aromatic carbocycles. The van der Waals surface area contributed by atoms with Gasteiger partial charge in [0.15, 0.2) is 5.90 Å². The van der Waals surface area contributed by atoms with Crippen LogP contribution in [-0.2, 0) is 45.4 Å². The van der Waals surface area contributed by atoms with Crippen LogP contribution in [0.15, 0.2) is 64.3 Å². The number of nitrogens with zero attached hydrogens (tertiary/aromatic N) is 1. The Hall–Kier alpha value is -3.09. The van der Waals surface area contributed by atoms with Gasteiger partial charge in [0.2, 0.25) is 0 Å². The number of hydrogen-bond donors (Lipinski definition) is 7. The highest BCUT2D eigenvalue weighted by molar-refractivity contribution is 7.76. The third-order valence-electron chi connectivity index (χ3n) is 8.82. The molecule has 1 saturated heterocycles. The Labute approximate surface area is 325 Å². The van der Waals surface area contributed by atoms with E-state index >= 15 is 0 Å². The first-order chi connectivity index (χ1) is 26.7. The van der Waals surface area contributed by atoms with Crippen molar-refractivity contribution in [1.82, 2.24) is 14.9 Å². The van der Waals surface area contributed by atoms with Crippen LogP contribution in [-0.4, -0.2) is 84.8 Å². The van der Waals surface area contributed by atoms with Crippen molar-refractivity contribution >= 4 is 36.9 Å². The monoisotopic (exact) mass is 881 g/mol. The quantitative estimate of drug-likeness (QED) is 0.0618. The molecule has 21 nitrogen and oxygen atoms in total. The molecule has 1 fully saturated rings. The standard InChI is InChI=1S/C32H43N3O18P4/c1-21-17-35(31(38)34-30(21)37)29-16-27(36)28(51-29)19-50-57(46,47)53-55(42,43)20-54(40,41)52-56(44,45)49-15-9-3-2-8-14-33-32(39)48-18-26-24-12-6-4-10-22(24)23-11-5-7-13-25(23)26/h4-7,10-13,17,26-29,36H,2-3,8-9,14-16,18-20H2,1H3,(H,33,39)(H,40,41)(H,42,43)(H,44,45)(H,46,47)(H,34,37,38)/t27-,28+,29+/m0/s1. The van der Waals surface area contributed by atoms with Crippen LogP contribution in [0.4, 0.5) is 4.79 Å². The number of hydrogen-bond acceptors (Lipinski definition) is 14. The van der Waals surface area contributed by atoms with Gasteiger partial charge in [-0.1, -0.05) is 61.4 Å². The summed E-state index contributed by atoms with van der Waals surface area (Å²) < 4.78 is 79.1. The van der Waals surface area contributed by atoms with E-state index < -0.39 is 85.7 Å². The molecule has 2 heterocycles. The zero-order valence-corrected chi connectivity index (χ0v) is 33.9. The first-order valence-electron chi connectivity index (χ1n) is 17.5. The van der Waals surface area contributed by atoms with Crippen LogP contribution < -0.4 is 16.6 Å². The molecule has 25 heteroatoms. The maximum atomic E-state index is 12.5. The average Bonchev–Trinajstić information content (AvgIpc) is 3.64. The number of rotatable bonds is 20. The van der Waals surface area contributed by atoms with Crippen molar-refractivity contribution in [3.63, 3.8) is 0 Å². The van der Waals surface area contributed by atoms with E-state index in [0.717, 1.165) is 26.8 Å². The summed E-state index contributed by atoms with van der Waals surface area (Å²) in [4.78, 5) is 78.0. The van der Waals surface area contributed by atoms with Gasteiger partial charge in [0.25, 0.3) is 5.56 Å². The lowest BCUT2D eigenvalue weighted by molar-refractivity contribution is -0.0448. The van der Waals surface area contributed by atoms with Crippen molar-refractivity contribution in [2.45, 2.75) is 63.4 Å². The topological polar surface area (TPSA) is 309 Å². The Morgan fingerprint density at radius 3 is 2.07 bits per heavy atom. The second-order valence-electron chi connectivity index (χ2n) is 13.2. The maximum absolute atomic E-state index is 12.5. The van der Waals surface area contributed by atoms with E-state index in [0.29, 0.717) is 25.8 Å². The zero-order chi connectivity index (χ0) is 41.6. The Balaban J connectivity index is 0.957. The molecule has 314 valence electrons. The Morgan fingerprint density at radius 1 is 0.860 bits per heavy atom. The van der Waals surface area contributed by atoms with Crippen molar-refractivity contribution in [3.8, 4) is 11.1 Å². The van der Waals surface area contributed by atoms with E-state index in [1.165, 1.54) is 13.1 Å². The Morgan fingerprint density at radius 2 is 1.44 bits per heavy atom. The van der Waals surface area contributed by atoms with Crippen molar-refractivity contribution in [2.75, 3.05) is 32.3 Å². The number of alkyl carbamates (subject to hydrolysis) is 1. The number of aliphatic hydroxyl groups is 1. The summed E-state index contributed by atoms with van der Waals surface area (Å²) in [6.07, 6.45) is -1.78. The highest BCUT2D eigenvalue weighted by Crippen LogP contribution is 2.70. The summed E-state index contributed by atoms with van der Waals surface area (Å²) in [7, 11) is -21.8. The number of phosphoric acid groups is 2. The minimum Gasteiger partial charge on any atom is -0.449 e. The smallest absolute Gasteiger partial charge is 0.449 e. The fraction of sp³-hybridized carbons (Fsp3) is 0.469. The van der Waals surface area contributed by atoms with E-state index in [9.17, 15) is 57.3 Å². The van der Waals surface area contributed by atoms with Gasteiger partial charge in [0.05, 0.1) is 19.3 Å². The number of ether oxygens (including phenoxy) is 2. The molecule has 5 rings (SSSR count). The van der Waals surface area contributed by atoms with E-state index in [2.05, 4.69) is 28.0 Å². The zero-order valence-electron chi connectivity index (χ0n) is 30.4. The number of aromatic amines is 1. The third-order valence-corrected chi connectivity index (χ3v) is 16.4. The first kappa shape index (κ1) is 45.0. The number of aromatic nitrogens is 2. The summed E-state index contributed by atoms with van der Waals surface area (Å²) in [6.45, 7) is 0.520. The predicted molar refractivity (Wildman–Crippen MR) is 200 cm³/mol. The lowest BCUT2D eigenvalue weighted by Crippen LogP contribution is -2.33. The summed E-state index contributed by atoms with van der Waals surface area (Å²) in [5.41, 5.74) is 3.04. The highest BCUT2D eigenvalue weighted by Gasteiger charge is 2.45. The average molecular weight is 882 g/mol. The fourth-order valence-corrected chi connectivity index (χ4v) is 13.1. The van der Waals surface area contributed by atoms with Gasteiger partial charge in [0.1, 0.15) is 18.9 Å². The van der Waals surface area contributed by atoms with Gasteiger partial charge in [-0.3, -0.25) is 32.5 Å². The van der Waals surface area contributed by atoms with Gasteiger partial charge >= 0.3 is 42.6 Å². The van der Waals surface area contributed by atoms with Crippen LogP contribution >= 0.6 is 30.8 Å². The molecule has 0 spiro atoms. The number of H-pyrrole nitrogens is 1. The highest BCUT2D eigenvalue weighted by atomic mass is 31.3. The number of aryl methyl sites for hydroxylation is 1. The Bertz CT molecular complexity index is 2190. The van der Waals surface area contributed by atoms with Gasteiger partial charge in [-0.15, -0.1) is 0 Å². The molecule has 1 amide bonds. The van der Waals surface area contributed by atoms with Crippen molar-refractivity contribution in [2.24, 2.45) is 0 Å². The lowest BCUT2D eigenvalue weighted by Gasteiger charge is -2.21. The second kappa shape index (κ2) is 18.9. The predicted octanol–water partition coefficient (Wildman–Crippen LogP) is 4.19. The van der Waals surface area contributed by atoms with Crippen LogP contribution in [0.3, 0.4) is 0 Å². The van der Waals surface area contributed by atoms with Crippen LogP contribution in [0.5, 0.6) is 0 Å². The third kappa shape index (κ3) is 12.7. The second-order valence-corrected chi connectivity index (χ2v) is 20.6. The molecule has 0 bridgehead atoms. The number of nitrogens with one attached hydrogen (secondary N) is 2. The van der Waals surface area contributed by atoms with Crippen LogP contribution in [0.25, 0.3) is 11.1 Å². The number of benzene rings is 2. The summed E-state index contributed by atoms with van der Waals surface area (Å²) >= 11 is 0. The number of amides is 1. The number of carbonyl (C=O) groups is 1. The number of unbranched alkanes of at least 4 members (excludes halogenated alkanes) is 3. The maximum Gasteiger partial charge on any atom is 0.479 e. The number of carbonyl (C=O) groups excluding carboxylic acids is 1. The summed E-state index contributed by atoms with van der Waals surface area (Å²) in [6, 6.07) is 15.9. The van der Waals surface area contributed by atoms with Gasteiger partial charge in [-0.2, -0.15) is 0 Å². The normalized spacial score (nSPS) is 22.0.